The molecule has 0 amide bonds. The van der Waals surface area contributed by atoms with Crippen LogP contribution in [0.1, 0.15) is 27.2 Å². The molecule has 0 bridgehead atoms. The molecular weight excluding hydrogens is 216 g/mol. The van der Waals surface area contributed by atoms with Gasteiger partial charge in [-0.1, -0.05) is 0 Å². The molecule has 4 nitrogen and oxygen atoms in total. The fourth-order valence-electron chi connectivity index (χ4n) is 2.36. The molecule has 102 valence electrons. The predicted molar refractivity (Wildman–Crippen MR) is 70.4 cm³/mol. The average molecular weight is 244 g/mol. The number of hydrogen-bond donors (Lipinski definition) is 1. The van der Waals surface area contributed by atoms with Crippen molar-refractivity contribution in [1.82, 2.24) is 10.2 Å². The van der Waals surface area contributed by atoms with E-state index in [0.29, 0.717) is 18.2 Å². The van der Waals surface area contributed by atoms with Crippen molar-refractivity contribution < 1.29 is 9.47 Å². The van der Waals surface area contributed by atoms with Gasteiger partial charge in [0.1, 0.15) is 0 Å². The highest BCUT2D eigenvalue weighted by atomic mass is 16.5. The number of hydrogen-bond acceptors (Lipinski definition) is 4. The van der Waals surface area contributed by atoms with Crippen LogP contribution in [0.5, 0.6) is 0 Å². The minimum absolute atomic E-state index is 0.356. The summed E-state index contributed by atoms with van der Waals surface area (Å²) in [4.78, 5) is 2.52. The second-order valence-electron chi connectivity index (χ2n) is 5.11. The van der Waals surface area contributed by atoms with Crippen LogP contribution in [0.2, 0.25) is 0 Å². The summed E-state index contributed by atoms with van der Waals surface area (Å²) in [5.74, 6) is 0. The van der Waals surface area contributed by atoms with Crippen molar-refractivity contribution in [2.75, 3.05) is 39.9 Å². The van der Waals surface area contributed by atoms with Gasteiger partial charge in [0.05, 0.1) is 12.2 Å². The maximum Gasteiger partial charge on any atom is 0.0678 e. The van der Waals surface area contributed by atoms with E-state index in [-0.39, 0.29) is 0 Å². The average Bonchev–Trinajstić information content (AvgIpc) is 2.27. The number of morpholine rings is 1. The molecule has 1 fully saturated rings. The molecule has 3 unspecified atom stereocenters. The smallest absolute Gasteiger partial charge is 0.0678 e. The summed E-state index contributed by atoms with van der Waals surface area (Å²) >= 11 is 0. The number of nitrogens with zero attached hydrogens (tertiary/aromatic N) is 1. The fourth-order valence-corrected chi connectivity index (χ4v) is 2.36. The van der Waals surface area contributed by atoms with Gasteiger partial charge >= 0.3 is 0 Å². The Labute approximate surface area is 106 Å². The minimum Gasteiger partial charge on any atom is -0.385 e. The van der Waals surface area contributed by atoms with E-state index in [0.717, 1.165) is 39.2 Å². The van der Waals surface area contributed by atoms with Crippen LogP contribution in [0.15, 0.2) is 0 Å². The van der Waals surface area contributed by atoms with Gasteiger partial charge in [0.25, 0.3) is 0 Å². The van der Waals surface area contributed by atoms with Gasteiger partial charge in [0.2, 0.25) is 0 Å². The summed E-state index contributed by atoms with van der Waals surface area (Å²) in [7, 11) is 1.75. The van der Waals surface area contributed by atoms with Gasteiger partial charge in [-0.15, -0.1) is 0 Å². The van der Waals surface area contributed by atoms with Crippen molar-refractivity contribution >= 4 is 0 Å². The first-order valence-corrected chi connectivity index (χ1v) is 6.72. The Hall–Kier alpha value is -0.160. The fraction of sp³-hybridized carbons (Fsp3) is 1.00. The van der Waals surface area contributed by atoms with Crippen LogP contribution in [-0.2, 0) is 9.47 Å². The predicted octanol–water partition coefficient (Wildman–Crippen LogP) is 1.11. The molecule has 0 aromatic carbocycles. The van der Waals surface area contributed by atoms with Crippen molar-refractivity contribution in [3.8, 4) is 0 Å². The molecule has 0 saturated carbocycles. The first-order valence-electron chi connectivity index (χ1n) is 6.72. The molecular formula is C13H28N2O2. The Kier molecular flexibility index (Phi) is 7.04. The van der Waals surface area contributed by atoms with Crippen molar-refractivity contribution in [1.29, 1.82) is 0 Å². The summed E-state index contributed by atoms with van der Waals surface area (Å²) in [6.07, 6.45) is 1.79. The standard InChI is InChI=1S/C13H28N2O2/c1-11(8-14-6-5-7-16-4)15-9-12(2)17-13(3)10-15/h11-14H,5-10H2,1-4H3. The van der Waals surface area contributed by atoms with E-state index < -0.39 is 0 Å². The van der Waals surface area contributed by atoms with E-state index in [4.69, 9.17) is 9.47 Å². The number of ether oxygens (including phenoxy) is 2. The first kappa shape index (κ1) is 14.9. The Morgan fingerprint density at radius 3 is 2.59 bits per heavy atom. The summed E-state index contributed by atoms with van der Waals surface area (Å²) < 4.78 is 10.8. The monoisotopic (exact) mass is 244 g/mol. The molecule has 1 saturated heterocycles. The quantitative estimate of drug-likeness (QED) is 0.680. The van der Waals surface area contributed by atoms with Crippen molar-refractivity contribution in [3.63, 3.8) is 0 Å². The zero-order valence-electron chi connectivity index (χ0n) is 11.7. The molecule has 1 rings (SSSR count). The summed E-state index contributed by atoms with van der Waals surface area (Å²) in [6.45, 7) is 11.6. The van der Waals surface area contributed by atoms with Crippen molar-refractivity contribution in [3.05, 3.63) is 0 Å². The minimum atomic E-state index is 0.356. The van der Waals surface area contributed by atoms with Crippen LogP contribution in [0.25, 0.3) is 0 Å². The molecule has 1 aliphatic heterocycles. The number of rotatable bonds is 7. The lowest BCUT2D eigenvalue weighted by Gasteiger charge is -2.39. The van der Waals surface area contributed by atoms with Crippen LogP contribution in [0.4, 0.5) is 0 Å². The molecule has 3 atom stereocenters. The maximum atomic E-state index is 5.75. The Morgan fingerprint density at radius 2 is 2.00 bits per heavy atom. The van der Waals surface area contributed by atoms with E-state index >= 15 is 0 Å². The van der Waals surface area contributed by atoms with Crippen LogP contribution in [0.3, 0.4) is 0 Å². The van der Waals surface area contributed by atoms with Crippen LogP contribution < -0.4 is 5.32 Å². The Bertz CT molecular complexity index is 192. The normalized spacial score (nSPS) is 28.2. The van der Waals surface area contributed by atoms with Gasteiger partial charge in [-0.3, -0.25) is 4.90 Å². The van der Waals surface area contributed by atoms with E-state index in [1.807, 2.05) is 0 Å². The van der Waals surface area contributed by atoms with Gasteiger partial charge in [-0.05, 0) is 33.7 Å². The zero-order chi connectivity index (χ0) is 12.7. The molecule has 0 aliphatic carbocycles. The number of nitrogens with one attached hydrogen (secondary N) is 1. The lowest BCUT2D eigenvalue weighted by atomic mass is 10.1. The molecule has 1 aliphatic rings. The molecule has 0 aromatic rings. The number of methoxy groups -OCH3 is 1. The molecule has 0 spiro atoms. The summed E-state index contributed by atoms with van der Waals surface area (Å²) in [6, 6.07) is 0.575. The van der Waals surface area contributed by atoms with Gasteiger partial charge in [0, 0.05) is 39.4 Å². The molecule has 1 heterocycles. The Morgan fingerprint density at radius 1 is 1.35 bits per heavy atom. The maximum absolute atomic E-state index is 5.75. The first-order chi connectivity index (χ1) is 8.13. The van der Waals surface area contributed by atoms with Crippen LogP contribution in [-0.4, -0.2) is 63.0 Å². The van der Waals surface area contributed by atoms with Crippen LogP contribution >= 0.6 is 0 Å². The molecule has 1 N–H and O–H groups in total. The second kappa shape index (κ2) is 8.03. The summed E-state index contributed by atoms with van der Waals surface area (Å²) in [5, 5.41) is 3.48. The van der Waals surface area contributed by atoms with E-state index in [9.17, 15) is 0 Å². The highest BCUT2D eigenvalue weighted by molar-refractivity contribution is 4.78. The summed E-state index contributed by atoms with van der Waals surface area (Å²) in [5.41, 5.74) is 0. The highest BCUT2D eigenvalue weighted by Crippen LogP contribution is 2.12. The largest absolute Gasteiger partial charge is 0.385 e. The highest BCUT2D eigenvalue weighted by Gasteiger charge is 2.25. The lowest BCUT2D eigenvalue weighted by molar-refractivity contribution is -0.0780. The third-order valence-electron chi connectivity index (χ3n) is 3.21. The SMILES string of the molecule is COCCCNCC(C)N1CC(C)OC(C)C1. The topological polar surface area (TPSA) is 33.7 Å². The van der Waals surface area contributed by atoms with E-state index in [1.165, 1.54) is 0 Å². The van der Waals surface area contributed by atoms with Gasteiger partial charge in [-0.2, -0.15) is 0 Å². The molecule has 4 heteroatoms. The van der Waals surface area contributed by atoms with E-state index in [1.54, 1.807) is 7.11 Å². The molecule has 0 radical (unpaired) electrons. The van der Waals surface area contributed by atoms with Gasteiger partial charge in [-0.25, -0.2) is 0 Å². The second-order valence-corrected chi connectivity index (χ2v) is 5.11. The van der Waals surface area contributed by atoms with Crippen molar-refractivity contribution in [2.45, 2.75) is 45.4 Å². The van der Waals surface area contributed by atoms with Gasteiger partial charge in [0.15, 0.2) is 0 Å². The third-order valence-corrected chi connectivity index (χ3v) is 3.21. The van der Waals surface area contributed by atoms with Crippen molar-refractivity contribution in [2.24, 2.45) is 0 Å². The van der Waals surface area contributed by atoms with Gasteiger partial charge < -0.3 is 14.8 Å². The molecule has 17 heavy (non-hydrogen) atoms. The van der Waals surface area contributed by atoms with E-state index in [2.05, 4.69) is 31.0 Å². The lowest BCUT2D eigenvalue weighted by Crippen LogP contribution is -2.51. The molecule has 0 aromatic heterocycles. The third kappa shape index (κ3) is 5.82. The zero-order valence-corrected chi connectivity index (χ0v) is 11.7. The van der Waals surface area contributed by atoms with Crippen LogP contribution in [0, 0.1) is 0 Å². The Balaban J connectivity index is 2.15.